The van der Waals surface area contributed by atoms with Crippen LogP contribution in [0.2, 0.25) is 10.0 Å². The van der Waals surface area contributed by atoms with Crippen molar-refractivity contribution >= 4 is 63.0 Å². The molecule has 1 N–H and O–H groups in total. The van der Waals surface area contributed by atoms with E-state index in [9.17, 15) is 4.79 Å². The zero-order valence-electron chi connectivity index (χ0n) is 14.2. The predicted molar refractivity (Wildman–Crippen MR) is 111 cm³/mol. The van der Waals surface area contributed by atoms with Gasteiger partial charge in [0.2, 0.25) is 5.91 Å². The number of fused-ring (bicyclic) bond motifs is 2. The van der Waals surface area contributed by atoms with E-state index in [0.29, 0.717) is 20.8 Å². The molecule has 0 aliphatic heterocycles. The number of rotatable bonds is 4. The first-order valence-corrected chi connectivity index (χ1v) is 9.81. The van der Waals surface area contributed by atoms with E-state index < -0.39 is 0 Å². The lowest BCUT2D eigenvalue weighted by atomic mass is 10.1. The van der Waals surface area contributed by atoms with Crippen LogP contribution in [0.15, 0.2) is 59.9 Å². The fraction of sp³-hybridized carbons (Fsp3) is 0.105. The van der Waals surface area contributed by atoms with Crippen molar-refractivity contribution < 1.29 is 4.79 Å². The predicted octanol–water partition coefficient (Wildman–Crippen LogP) is 5.31. The lowest BCUT2D eigenvalue weighted by molar-refractivity contribution is -0.115. The summed E-state index contributed by atoms with van der Waals surface area (Å²) in [5.74, 6) is -0.125. The molecule has 0 saturated carbocycles. The van der Waals surface area contributed by atoms with E-state index in [4.69, 9.17) is 23.2 Å². The van der Waals surface area contributed by atoms with Crippen molar-refractivity contribution in [3.63, 3.8) is 0 Å². The quantitative estimate of drug-likeness (QED) is 0.458. The van der Waals surface area contributed by atoms with Gasteiger partial charge in [-0.3, -0.25) is 9.20 Å². The SMILES string of the molecule is CC(Sc1nnc2c(Cl)cc(Cl)cn12)C(=O)Nc1ccc2ccccc2c1. The van der Waals surface area contributed by atoms with Crippen molar-refractivity contribution in [2.24, 2.45) is 0 Å². The first-order valence-electron chi connectivity index (χ1n) is 8.17. The normalized spacial score (nSPS) is 12.4. The van der Waals surface area contributed by atoms with Gasteiger partial charge in [0.25, 0.3) is 0 Å². The summed E-state index contributed by atoms with van der Waals surface area (Å²) in [5.41, 5.74) is 1.26. The molecule has 0 fully saturated rings. The van der Waals surface area contributed by atoms with Crippen LogP contribution in [0.25, 0.3) is 16.4 Å². The number of hydrogen-bond donors (Lipinski definition) is 1. The van der Waals surface area contributed by atoms with Crippen LogP contribution in [0, 0.1) is 0 Å². The van der Waals surface area contributed by atoms with Crippen molar-refractivity contribution in [2.75, 3.05) is 5.32 Å². The third-order valence-corrected chi connectivity index (χ3v) is 5.61. The van der Waals surface area contributed by atoms with Crippen LogP contribution in [0.1, 0.15) is 6.92 Å². The highest BCUT2D eigenvalue weighted by molar-refractivity contribution is 8.00. The number of thioether (sulfide) groups is 1. The summed E-state index contributed by atoms with van der Waals surface area (Å²) in [6.45, 7) is 1.81. The summed E-state index contributed by atoms with van der Waals surface area (Å²) in [4.78, 5) is 12.6. The molecule has 0 aliphatic rings. The Labute approximate surface area is 169 Å². The number of halogens is 2. The number of benzene rings is 2. The van der Waals surface area contributed by atoms with Crippen molar-refractivity contribution in [1.29, 1.82) is 0 Å². The minimum Gasteiger partial charge on any atom is -0.325 e. The monoisotopic (exact) mass is 416 g/mol. The number of nitrogens with zero attached hydrogens (tertiary/aromatic N) is 3. The molecule has 0 radical (unpaired) electrons. The third kappa shape index (κ3) is 3.74. The average Bonchev–Trinajstić information content (AvgIpc) is 3.04. The van der Waals surface area contributed by atoms with Gasteiger partial charge in [0.15, 0.2) is 10.8 Å². The van der Waals surface area contributed by atoms with E-state index in [2.05, 4.69) is 15.5 Å². The molecule has 4 aromatic rings. The second-order valence-electron chi connectivity index (χ2n) is 5.99. The van der Waals surface area contributed by atoms with E-state index in [1.54, 1.807) is 16.7 Å². The van der Waals surface area contributed by atoms with Gasteiger partial charge < -0.3 is 5.32 Å². The molecule has 1 unspecified atom stereocenters. The fourth-order valence-electron chi connectivity index (χ4n) is 2.71. The maximum Gasteiger partial charge on any atom is 0.237 e. The van der Waals surface area contributed by atoms with E-state index >= 15 is 0 Å². The Hall–Kier alpha value is -2.28. The summed E-state index contributed by atoms with van der Waals surface area (Å²) in [7, 11) is 0. The van der Waals surface area contributed by atoms with Crippen molar-refractivity contribution in [3.8, 4) is 0 Å². The number of carbonyl (C=O) groups excluding carboxylic acids is 1. The Kier molecular flexibility index (Phi) is 4.95. The van der Waals surface area contributed by atoms with Crippen LogP contribution < -0.4 is 5.32 Å². The highest BCUT2D eigenvalue weighted by atomic mass is 35.5. The smallest absolute Gasteiger partial charge is 0.237 e. The van der Waals surface area contributed by atoms with Crippen LogP contribution in [0.4, 0.5) is 5.69 Å². The third-order valence-electron chi connectivity index (χ3n) is 4.06. The van der Waals surface area contributed by atoms with Gasteiger partial charge in [-0.25, -0.2) is 0 Å². The molecule has 0 saturated heterocycles. The van der Waals surface area contributed by atoms with Crippen LogP contribution >= 0.6 is 35.0 Å². The first kappa shape index (κ1) is 18.1. The molecule has 2 aromatic carbocycles. The molecule has 8 heteroatoms. The maximum absolute atomic E-state index is 12.6. The summed E-state index contributed by atoms with van der Waals surface area (Å²) in [6, 6.07) is 15.4. The largest absolute Gasteiger partial charge is 0.325 e. The Morgan fingerprint density at radius 1 is 1.11 bits per heavy atom. The second kappa shape index (κ2) is 7.38. The van der Waals surface area contributed by atoms with Crippen molar-refractivity contribution in [1.82, 2.24) is 14.6 Å². The van der Waals surface area contributed by atoms with E-state index in [0.717, 1.165) is 16.5 Å². The Morgan fingerprint density at radius 2 is 1.89 bits per heavy atom. The van der Waals surface area contributed by atoms with Gasteiger partial charge in [0, 0.05) is 11.9 Å². The maximum atomic E-state index is 12.6. The number of anilines is 1. The zero-order chi connectivity index (χ0) is 19.0. The number of nitrogens with one attached hydrogen (secondary N) is 1. The molecular formula is C19H14Cl2N4OS. The number of aromatic nitrogens is 3. The number of pyridine rings is 1. The van der Waals surface area contributed by atoms with Crippen LogP contribution in [0.3, 0.4) is 0 Å². The topological polar surface area (TPSA) is 59.3 Å². The number of hydrogen-bond acceptors (Lipinski definition) is 4. The van der Waals surface area contributed by atoms with Gasteiger partial charge in [0.05, 0.1) is 15.3 Å². The molecule has 0 bridgehead atoms. The summed E-state index contributed by atoms with van der Waals surface area (Å²) in [6.07, 6.45) is 1.68. The molecule has 136 valence electrons. The molecule has 27 heavy (non-hydrogen) atoms. The molecule has 2 heterocycles. The minimum absolute atomic E-state index is 0.125. The van der Waals surface area contributed by atoms with Crippen molar-refractivity contribution in [3.05, 3.63) is 64.8 Å². The summed E-state index contributed by atoms with van der Waals surface area (Å²) in [5, 5.41) is 14.4. The molecule has 2 aromatic heterocycles. The highest BCUT2D eigenvalue weighted by Crippen LogP contribution is 2.28. The standard InChI is InChI=1S/C19H14Cl2N4OS/c1-11(27-19-24-23-17-16(21)9-14(20)10-25(17)19)18(26)22-15-7-6-12-4-2-3-5-13(12)8-15/h2-11H,1H3,(H,22,26). The summed E-state index contributed by atoms with van der Waals surface area (Å²) < 4.78 is 1.69. The van der Waals surface area contributed by atoms with Gasteiger partial charge in [-0.05, 0) is 35.9 Å². The van der Waals surface area contributed by atoms with Gasteiger partial charge in [-0.1, -0.05) is 65.3 Å². The fourth-order valence-corrected chi connectivity index (χ4v) is 4.04. The van der Waals surface area contributed by atoms with Crippen LogP contribution in [0.5, 0.6) is 0 Å². The van der Waals surface area contributed by atoms with Gasteiger partial charge in [-0.15, -0.1) is 10.2 Å². The summed E-state index contributed by atoms with van der Waals surface area (Å²) >= 11 is 13.5. The molecule has 0 spiro atoms. The lowest BCUT2D eigenvalue weighted by Gasteiger charge is -2.12. The minimum atomic E-state index is -0.387. The second-order valence-corrected chi connectivity index (χ2v) is 8.15. The number of amides is 1. The first-order chi connectivity index (χ1) is 13.0. The molecule has 1 amide bonds. The Balaban J connectivity index is 1.52. The molecule has 5 nitrogen and oxygen atoms in total. The molecular weight excluding hydrogens is 403 g/mol. The van der Waals surface area contributed by atoms with Crippen LogP contribution in [-0.2, 0) is 4.79 Å². The Bertz CT molecular complexity index is 1160. The van der Waals surface area contributed by atoms with Gasteiger partial charge >= 0.3 is 0 Å². The van der Waals surface area contributed by atoms with Gasteiger partial charge in [0.1, 0.15) is 0 Å². The Morgan fingerprint density at radius 3 is 2.70 bits per heavy atom. The lowest BCUT2D eigenvalue weighted by Crippen LogP contribution is -2.22. The number of carbonyl (C=O) groups is 1. The molecule has 1 atom stereocenters. The van der Waals surface area contributed by atoms with Crippen LogP contribution in [-0.4, -0.2) is 25.8 Å². The average molecular weight is 417 g/mol. The van der Waals surface area contributed by atoms with E-state index in [-0.39, 0.29) is 11.2 Å². The van der Waals surface area contributed by atoms with Gasteiger partial charge in [-0.2, -0.15) is 0 Å². The zero-order valence-corrected chi connectivity index (χ0v) is 16.5. The highest BCUT2D eigenvalue weighted by Gasteiger charge is 2.19. The molecule has 0 aliphatic carbocycles. The van der Waals surface area contributed by atoms with E-state index in [1.807, 2.05) is 49.4 Å². The molecule has 4 rings (SSSR count). The van der Waals surface area contributed by atoms with Crippen molar-refractivity contribution in [2.45, 2.75) is 17.3 Å². The van der Waals surface area contributed by atoms with E-state index in [1.165, 1.54) is 11.8 Å².